The molecule has 1 atom stereocenters. The summed E-state index contributed by atoms with van der Waals surface area (Å²) in [7, 11) is -1.61. The van der Waals surface area contributed by atoms with Gasteiger partial charge in [-0.1, -0.05) is 27.5 Å². The lowest BCUT2D eigenvalue weighted by Gasteiger charge is -2.17. The maximum Gasteiger partial charge on any atom is 0.244 e. The highest BCUT2D eigenvalue weighted by molar-refractivity contribution is 9.10. The van der Waals surface area contributed by atoms with E-state index in [0.717, 1.165) is 17.4 Å². The second-order valence-corrected chi connectivity index (χ2v) is 7.88. The van der Waals surface area contributed by atoms with Crippen molar-refractivity contribution in [1.29, 1.82) is 0 Å². The van der Waals surface area contributed by atoms with Gasteiger partial charge < -0.3 is 5.32 Å². The van der Waals surface area contributed by atoms with Gasteiger partial charge in [0.25, 0.3) is 0 Å². The molecular formula is C12H16BrClN2O2S. The molecule has 1 aliphatic rings. The van der Waals surface area contributed by atoms with Crippen molar-refractivity contribution < 1.29 is 8.42 Å². The second-order valence-electron chi connectivity index (χ2n) is 4.65. The van der Waals surface area contributed by atoms with Crippen LogP contribution in [0.5, 0.6) is 0 Å². The van der Waals surface area contributed by atoms with Gasteiger partial charge in [-0.05, 0) is 44.1 Å². The van der Waals surface area contributed by atoms with Crippen molar-refractivity contribution in [3.8, 4) is 0 Å². The van der Waals surface area contributed by atoms with E-state index in [-0.39, 0.29) is 9.92 Å². The van der Waals surface area contributed by atoms with E-state index in [4.69, 9.17) is 11.6 Å². The van der Waals surface area contributed by atoms with Crippen LogP contribution < -0.4 is 5.32 Å². The normalized spacial score (nSPS) is 20.9. The molecule has 0 unspecified atom stereocenters. The van der Waals surface area contributed by atoms with Crippen LogP contribution in [0.4, 0.5) is 0 Å². The van der Waals surface area contributed by atoms with Gasteiger partial charge in [0, 0.05) is 17.6 Å². The lowest BCUT2D eigenvalue weighted by atomic mass is 10.1. The van der Waals surface area contributed by atoms with Crippen LogP contribution in [0.15, 0.2) is 27.6 Å². The summed E-state index contributed by atoms with van der Waals surface area (Å²) in [6.45, 7) is 1.94. The van der Waals surface area contributed by atoms with E-state index >= 15 is 0 Å². The first-order valence-electron chi connectivity index (χ1n) is 6.05. The Kier molecular flexibility index (Phi) is 4.89. The Balaban J connectivity index is 2.23. The summed E-state index contributed by atoms with van der Waals surface area (Å²) in [6.07, 6.45) is 0.883. The number of rotatable bonds is 4. The first kappa shape index (κ1) is 15.3. The molecule has 1 saturated heterocycles. The standard InChI is InChI=1S/C12H16BrClN2O2S/c1-15-7-9-4-5-16(8-9)19(17,18)12-3-2-10(13)6-11(12)14/h2-3,6,9,15H,4-5,7-8H2,1H3/t9-/m0/s1. The molecule has 0 saturated carbocycles. The van der Waals surface area contributed by atoms with Crippen LogP contribution in [0.25, 0.3) is 0 Å². The van der Waals surface area contributed by atoms with Crippen molar-refractivity contribution in [2.45, 2.75) is 11.3 Å². The minimum absolute atomic E-state index is 0.183. The zero-order valence-corrected chi connectivity index (χ0v) is 13.7. The fourth-order valence-electron chi connectivity index (χ4n) is 2.29. The molecule has 0 radical (unpaired) electrons. The third kappa shape index (κ3) is 3.31. The maximum absolute atomic E-state index is 12.5. The van der Waals surface area contributed by atoms with E-state index in [1.807, 2.05) is 7.05 Å². The summed E-state index contributed by atoms with van der Waals surface area (Å²) in [4.78, 5) is 0.183. The fourth-order valence-corrected chi connectivity index (χ4v) is 4.84. The smallest absolute Gasteiger partial charge is 0.244 e. The van der Waals surface area contributed by atoms with Crippen LogP contribution >= 0.6 is 27.5 Å². The van der Waals surface area contributed by atoms with E-state index in [0.29, 0.717) is 19.0 Å². The summed E-state index contributed by atoms with van der Waals surface area (Å²) in [5, 5.41) is 3.34. The van der Waals surface area contributed by atoms with Crippen LogP contribution in [0.3, 0.4) is 0 Å². The molecule has 19 heavy (non-hydrogen) atoms. The molecule has 106 valence electrons. The molecule has 1 N–H and O–H groups in total. The predicted octanol–water partition coefficient (Wildman–Crippen LogP) is 2.33. The van der Waals surface area contributed by atoms with E-state index in [1.54, 1.807) is 18.2 Å². The molecule has 1 fully saturated rings. The molecule has 0 aromatic heterocycles. The molecule has 1 aliphatic heterocycles. The average Bonchev–Trinajstić information content (AvgIpc) is 2.78. The number of sulfonamides is 1. The summed E-state index contributed by atoms with van der Waals surface area (Å²) in [6, 6.07) is 4.85. The van der Waals surface area contributed by atoms with Crippen LogP contribution in [-0.4, -0.2) is 39.4 Å². The summed E-state index contributed by atoms with van der Waals surface area (Å²) < 4.78 is 27.3. The number of hydrogen-bond donors (Lipinski definition) is 1. The van der Waals surface area contributed by atoms with Gasteiger partial charge in [0.05, 0.1) is 5.02 Å². The molecule has 0 aliphatic carbocycles. The van der Waals surface area contributed by atoms with Gasteiger partial charge in [0.2, 0.25) is 10.0 Å². The molecule has 4 nitrogen and oxygen atoms in total. The lowest BCUT2D eigenvalue weighted by Crippen LogP contribution is -2.30. The Morgan fingerprint density at radius 3 is 2.89 bits per heavy atom. The molecule has 1 heterocycles. The molecule has 7 heteroatoms. The summed E-state index contributed by atoms with van der Waals surface area (Å²) in [5.74, 6) is 0.369. The van der Waals surface area contributed by atoms with Gasteiger partial charge in [0.15, 0.2) is 0 Å². The molecular weight excluding hydrogens is 352 g/mol. The Bertz CT molecular complexity index is 565. The number of benzene rings is 1. The number of nitrogens with one attached hydrogen (secondary N) is 1. The largest absolute Gasteiger partial charge is 0.319 e. The van der Waals surface area contributed by atoms with E-state index in [1.165, 1.54) is 4.31 Å². The molecule has 0 amide bonds. The van der Waals surface area contributed by atoms with E-state index in [2.05, 4.69) is 21.2 Å². The summed E-state index contributed by atoms with van der Waals surface area (Å²) in [5.41, 5.74) is 0. The highest BCUT2D eigenvalue weighted by atomic mass is 79.9. The molecule has 0 spiro atoms. The van der Waals surface area contributed by atoms with Crippen LogP contribution in [0.2, 0.25) is 5.02 Å². The zero-order chi connectivity index (χ0) is 14.0. The minimum Gasteiger partial charge on any atom is -0.319 e. The van der Waals surface area contributed by atoms with Crippen molar-refractivity contribution in [1.82, 2.24) is 9.62 Å². The highest BCUT2D eigenvalue weighted by Gasteiger charge is 2.33. The van der Waals surface area contributed by atoms with Crippen molar-refractivity contribution in [2.24, 2.45) is 5.92 Å². The van der Waals surface area contributed by atoms with Gasteiger partial charge in [-0.15, -0.1) is 0 Å². The van der Waals surface area contributed by atoms with Gasteiger partial charge >= 0.3 is 0 Å². The minimum atomic E-state index is -3.48. The van der Waals surface area contributed by atoms with Gasteiger partial charge in [-0.25, -0.2) is 8.42 Å². The molecule has 2 rings (SSSR count). The summed E-state index contributed by atoms with van der Waals surface area (Å²) >= 11 is 9.32. The first-order valence-corrected chi connectivity index (χ1v) is 8.66. The second kappa shape index (κ2) is 6.10. The van der Waals surface area contributed by atoms with Crippen LogP contribution in [0, 0.1) is 5.92 Å². The topological polar surface area (TPSA) is 49.4 Å². The Morgan fingerprint density at radius 1 is 1.53 bits per heavy atom. The van der Waals surface area contributed by atoms with Gasteiger partial charge in [0.1, 0.15) is 4.90 Å². The Hall–Kier alpha value is -0.140. The van der Waals surface area contributed by atoms with Gasteiger partial charge in [-0.3, -0.25) is 0 Å². The Morgan fingerprint density at radius 2 is 2.26 bits per heavy atom. The van der Waals surface area contributed by atoms with Crippen molar-refractivity contribution in [2.75, 3.05) is 26.7 Å². The quantitative estimate of drug-likeness (QED) is 0.888. The number of nitrogens with zero attached hydrogens (tertiary/aromatic N) is 1. The number of hydrogen-bond acceptors (Lipinski definition) is 3. The lowest BCUT2D eigenvalue weighted by molar-refractivity contribution is 0.451. The molecule has 1 aromatic carbocycles. The zero-order valence-electron chi connectivity index (χ0n) is 10.6. The highest BCUT2D eigenvalue weighted by Crippen LogP contribution is 2.30. The fraction of sp³-hybridized carbons (Fsp3) is 0.500. The molecule has 1 aromatic rings. The van der Waals surface area contributed by atoms with Crippen molar-refractivity contribution >= 4 is 37.6 Å². The predicted molar refractivity (Wildman–Crippen MR) is 79.9 cm³/mol. The third-order valence-corrected chi connectivity index (χ3v) is 6.09. The maximum atomic E-state index is 12.5. The number of halogens is 2. The van der Waals surface area contributed by atoms with Crippen LogP contribution in [-0.2, 0) is 10.0 Å². The van der Waals surface area contributed by atoms with E-state index < -0.39 is 10.0 Å². The Labute approximate surface area is 127 Å². The van der Waals surface area contributed by atoms with Gasteiger partial charge in [-0.2, -0.15) is 4.31 Å². The average molecular weight is 368 g/mol. The first-order chi connectivity index (χ1) is 8.95. The van der Waals surface area contributed by atoms with E-state index in [9.17, 15) is 8.42 Å². The van der Waals surface area contributed by atoms with Crippen molar-refractivity contribution in [3.05, 3.63) is 27.7 Å². The van der Waals surface area contributed by atoms with Crippen LogP contribution in [0.1, 0.15) is 6.42 Å². The SMILES string of the molecule is CNC[C@@H]1CCN(S(=O)(=O)c2ccc(Br)cc2Cl)C1. The third-order valence-electron chi connectivity index (χ3n) is 3.25. The van der Waals surface area contributed by atoms with Crippen molar-refractivity contribution in [3.63, 3.8) is 0 Å². The molecule has 0 bridgehead atoms. The monoisotopic (exact) mass is 366 g/mol.